The third-order valence-electron chi connectivity index (χ3n) is 2.91. The summed E-state index contributed by atoms with van der Waals surface area (Å²) >= 11 is 1.64. The van der Waals surface area contributed by atoms with Crippen LogP contribution in [0.15, 0.2) is 4.99 Å². The molecule has 7 nitrogen and oxygen atoms in total. The largest absolute Gasteiger partial charge is 0.357 e. The fourth-order valence-corrected chi connectivity index (χ4v) is 3.06. The van der Waals surface area contributed by atoms with E-state index in [0.29, 0.717) is 25.6 Å². The maximum Gasteiger partial charge on any atom is 0.211 e. The van der Waals surface area contributed by atoms with Gasteiger partial charge in [0.05, 0.1) is 18.0 Å². The van der Waals surface area contributed by atoms with Gasteiger partial charge in [0.1, 0.15) is 5.01 Å². The molecule has 0 aliphatic rings. The van der Waals surface area contributed by atoms with E-state index in [0.717, 1.165) is 17.2 Å². The van der Waals surface area contributed by atoms with Crippen LogP contribution in [-0.4, -0.2) is 44.7 Å². The zero-order valence-electron chi connectivity index (χ0n) is 13.6. The summed E-state index contributed by atoms with van der Waals surface area (Å²) in [6.07, 6.45) is 0. The summed E-state index contributed by atoms with van der Waals surface area (Å²) in [6.45, 7) is 9.68. The predicted molar refractivity (Wildman–Crippen MR) is 91.9 cm³/mol. The highest BCUT2D eigenvalue weighted by Gasteiger charge is 2.06. The van der Waals surface area contributed by atoms with E-state index in [9.17, 15) is 8.42 Å². The van der Waals surface area contributed by atoms with Gasteiger partial charge in [0, 0.05) is 24.5 Å². The monoisotopic (exact) mass is 347 g/mol. The SMILES string of the molecule is CCNC(=NCc1nc(C)c(C)s1)NCCNS(=O)(=O)CC. The molecular weight excluding hydrogens is 322 g/mol. The van der Waals surface area contributed by atoms with Gasteiger partial charge in [-0.05, 0) is 27.7 Å². The molecule has 1 heterocycles. The van der Waals surface area contributed by atoms with Gasteiger partial charge in [-0.25, -0.2) is 23.1 Å². The zero-order chi connectivity index (χ0) is 16.6. The fourth-order valence-electron chi connectivity index (χ4n) is 1.58. The number of aryl methyl sites for hydroxylation is 2. The van der Waals surface area contributed by atoms with E-state index in [-0.39, 0.29) is 5.75 Å². The lowest BCUT2D eigenvalue weighted by atomic mass is 10.4. The van der Waals surface area contributed by atoms with Gasteiger partial charge in [-0.15, -0.1) is 11.3 Å². The molecule has 0 saturated carbocycles. The molecular formula is C13H25N5O2S2. The first-order valence-electron chi connectivity index (χ1n) is 7.30. The number of sulfonamides is 1. The highest BCUT2D eigenvalue weighted by atomic mass is 32.2. The summed E-state index contributed by atoms with van der Waals surface area (Å²) in [4.78, 5) is 10.1. The normalized spacial score (nSPS) is 12.5. The molecule has 0 aliphatic carbocycles. The molecule has 1 rings (SSSR count). The Hall–Kier alpha value is -1.19. The van der Waals surface area contributed by atoms with Gasteiger partial charge in [0.15, 0.2) is 5.96 Å². The second-order valence-electron chi connectivity index (χ2n) is 4.67. The van der Waals surface area contributed by atoms with Crippen molar-refractivity contribution >= 4 is 27.3 Å². The van der Waals surface area contributed by atoms with E-state index in [1.54, 1.807) is 18.3 Å². The fraction of sp³-hybridized carbons (Fsp3) is 0.692. The number of hydrogen-bond donors (Lipinski definition) is 3. The van der Waals surface area contributed by atoms with E-state index in [1.165, 1.54) is 4.88 Å². The molecule has 22 heavy (non-hydrogen) atoms. The molecule has 1 aromatic rings. The van der Waals surface area contributed by atoms with Crippen LogP contribution >= 0.6 is 11.3 Å². The summed E-state index contributed by atoms with van der Waals surface area (Å²) in [7, 11) is -3.15. The topological polar surface area (TPSA) is 95.5 Å². The Labute approximate surface area is 136 Å². The Morgan fingerprint density at radius 2 is 1.95 bits per heavy atom. The highest BCUT2D eigenvalue weighted by Crippen LogP contribution is 2.16. The molecule has 0 atom stereocenters. The molecule has 0 fully saturated rings. The lowest BCUT2D eigenvalue weighted by Crippen LogP contribution is -2.41. The second-order valence-corrected chi connectivity index (χ2v) is 8.05. The maximum atomic E-state index is 11.3. The average molecular weight is 348 g/mol. The summed E-state index contributed by atoms with van der Waals surface area (Å²) in [6, 6.07) is 0. The van der Waals surface area contributed by atoms with Gasteiger partial charge >= 0.3 is 0 Å². The van der Waals surface area contributed by atoms with Crippen molar-refractivity contribution in [1.29, 1.82) is 0 Å². The van der Waals surface area contributed by atoms with Crippen molar-refractivity contribution in [1.82, 2.24) is 20.3 Å². The number of aliphatic imine (C=N–C) groups is 1. The lowest BCUT2D eigenvalue weighted by Gasteiger charge is -2.11. The molecule has 126 valence electrons. The Bertz CT molecular complexity index is 576. The van der Waals surface area contributed by atoms with Crippen molar-refractivity contribution in [2.75, 3.05) is 25.4 Å². The van der Waals surface area contributed by atoms with Gasteiger partial charge in [-0.2, -0.15) is 0 Å². The third kappa shape index (κ3) is 6.71. The Morgan fingerprint density at radius 1 is 1.23 bits per heavy atom. The van der Waals surface area contributed by atoms with Gasteiger partial charge in [0.25, 0.3) is 0 Å². The molecule has 3 N–H and O–H groups in total. The summed E-state index contributed by atoms with van der Waals surface area (Å²) < 4.78 is 25.2. The highest BCUT2D eigenvalue weighted by molar-refractivity contribution is 7.89. The smallest absolute Gasteiger partial charge is 0.211 e. The minimum absolute atomic E-state index is 0.0872. The van der Waals surface area contributed by atoms with Crippen molar-refractivity contribution in [3.63, 3.8) is 0 Å². The molecule has 0 saturated heterocycles. The third-order valence-corrected chi connectivity index (χ3v) is 5.37. The number of nitrogens with zero attached hydrogens (tertiary/aromatic N) is 2. The minimum Gasteiger partial charge on any atom is -0.357 e. The van der Waals surface area contributed by atoms with Crippen LogP contribution in [0.2, 0.25) is 0 Å². The predicted octanol–water partition coefficient (Wildman–Crippen LogP) is 0.754. The molecule has 0 bridgehead atoms. The molecule has 0 aromatic carbocycles. The van der Waals surface area contributed by atoms with Crippen LogP contribution in [0.25, 0.3) is 0 Å². The second kappa shape index (κ2) is 9.06. The molecule has 0 aliphatic heterocycles. The molecule has 0 unspecified atom stereocenters. The number of thiazole rings is 1. The minimum atomic E-state index is -3.15. The van der Waals surface area contributed by atoms with Gasteiger partial charge in [0.2, 0.25) is 10.0 Å². The van der Waals surface area contributed by atoms with E-state index < -0.39 is 10.0 Å². The summed E-state index contributed by atoms with van der Waals surface area (Å²) in [5, 5.41) is 7.19. The van der Waals surface area contributed by atoms with Gasteiger partial charge in [-0.3, -0.25) is 0 Å². The standard InChI is InChI=1S/C13H25N5O2S2/c1-5-14-13(15-7-8-17-22(19,20)6-2)16-9-12-18-10(3)11(4)21-12/h17H,5-9H2,1-4H3,(H2,14,15,16). The average Bonchev–Trinajstić information content (AvgIpc) is 2.79. The Morgan fingerprint density at radius 3 is 2.50 bits per heavy atom. The zero-order valence-corrected chi connectivity index (χ0v) is 15.2. The van der Waals surface area contributed by atoms with Crippen molar-refractivity contribution in [3.05, 3.63) is 15.6 Å². The molecule has 0 radical (unpaired) electrons. The number of nitrogens with one attached hydrogen (secondary N) is 3. The van der Waals surface area contributed by atoms with Crippen molar-refractivity contribution < 1.29 is 8.42 Å². The van der Waals surface area contributed by atoms with Gasteiger partial charge in [-0.1, -0.05) is 0 Å². The first-order valence-corrected chi connectivity index (χ1v) is 9.77. The molecule has 0 amide bonds. The van der Waals surface area contributed by atoms with Crippen molar-refractivity contribution in [2.24, 2.45) is 4.99 Å². The van der Waals surface area contributed by atoms with E-state index >= 15 is 0 Å². The van der Waals surface area contributed by atoms with Crippen LogP contribution in [0.5, 0.6) is 0 Å². The lowest BCUT2D eigenvalue weighted by molar-refractivity contribution is 0.582. The quantitative estimate of drug-likeness (QED) is 0.366. The van der Waals surface area contributed by atoms with Crippen molar-refractivity contribution in [2.45, 2.75) is 34.2 Å². The first kappa shape index (κ1) is 18.9. The van der Waals surface area contributed by atoms with Gasteiger partial charge < -0.3 is 10.6 Å². The Balaban J connectivity index is 2.48. The summed E-state index contributed by atoms with van der Waals surface area (Å²) in [5.74, 6) is 0.743. The number of hydrogen-bond acceptors (Lipinski definition) is 5. The van der Waals surface area contributed by atoms with Crippen LogP contribution < -0.4 is 15.4 Å². The molecule has 0 spiro atoms. The molecule has 1 aromatic heterocycles. The van der Waals surface area contributed by atoms with Crippen LogP contribution in [0.1, 0.15) is 29.4 Å². The number of rotatable bonds is 8. The van der Waals surface area contributed by atoms with E-state index in [2.05, 4.69) is 25.3 Å². The van der Waals surface area contributed by atoms with Crippen molar-refractivity contribution in [3.8, 4) is 0 Å². The van der Waals surface area contributed by atoms with Crippen LogP contribution in [0.3, 0.4) is 0 Å². The van der Waals surface area contributed by atoms with Crippen LogP contribution in [0, 0.1) is 13.8 Å². The van der Waals surface area contributed by atoms with Crippen LogP contribution in [0.4, 0.5) is 0 Å². The van der Waals surface area contributed by atoms with E-state index in [4.69, 9.17) is 0 Å². The summed E-state index contributed by atoms with van der Waals surface area (Å²) in [5.41, 5.74) is 1.04. The number of guanidine groups is 1. The van der Waals surface area contributed by atoms with Crippen LogP contribution in [-0.2, 0) is 16.6 Å². The van der Waals surface area contributed by atoms with E-state index in [1.807, 2.05) is 20.8 Å². The first-order chi connectivity index (χ1) is 10.4. The maximum absolute atomic E-state index is 11.3. The Kier molecular flexibility index (Phi) is 7.77. The number of aromatic nitrogens is 1. The molecule has 9 heteroatoms.